The Kier molecular flexibility index (Phi) is 5.71. The van der Waals surface area contributed by atoms with Crippen molar-refractivity contribution in [1.29, 1.82) is 0 Å². The number of anilines is 1. The van der Waals surface area contributed by atoms with Crippen LogP contribution in [0.15, 0.2) is 48.5 Å². The van der Waals surface area contributed by atoms with Crippen LogP contribution in [0.3, 0.4) is 0 Å². The van der Waals surface area contributed by atoms with Crippen LogP contribution in [0.25, 0.3) is 0 Å². The minimum Gasteiger partial charge on any atom is -0.362 e. The highest BCUT2D eigenvalue weighted by Crippen LogP contribution is 2.27. The Hall–Kier alpha value is -2.62. The lowest BCUT2D eigenvalue weighted by molar-refractivity contribution is -0.126. The van der Waals surface area contributed by atoms with Gasteiger partial charge in [0.05, 0.1) is 12.6 Å². The Morgan fingerprint density at radius 3 is 2.65 bits per heavy atom. The molecule has 2 aromatic rings. The fourth-order valence-electron chi connectivity index (χ4n) is 3.53. The normalized spacial score (nSPS) is 14.5. The summed E-state index contributed by atoms with van der Waals surface area (Å²) in [6, 6.07) is 15.7. The molecule has 0 unspecified atom stereocenters. The van der Waals surface area contributed by atoms with Gasteiger partial charge in [0.15, 0.2) is 5.78 Å². The van der Waals surface area contributed by atoms with Crippen LogP contribution in [-0.4, -0.2) is 30.8 Å². The molecule has 1 heterocycles. The fourth-order valence-corrected chi connectivity index (χ4v) is 3.53. The van der Waals surface area contributed by atoms with Gasteiger partial charge in [-0.2, -0.15) is 0 Å². The van der Waals surface area contributed by atoms with E-state index in [0.717, 1.165) is 30.6 Å². The number of nitrogens with zero attached hydrogens (tertiary/aromatic N) is 1. The Balaban J connectivity index is 1.65. The second-order valence-corrected chi connectivity index (χ2v) is 7.08. The maximum absolute atomic E-state index is 12.6. The number of rotatable bonds is 6. The minimum atomic E-state index is -0.479. The number of benzene rings is 2. The molecular formula is C22H26N2O2. The summed E-state index contributed by atoms with van der Waals surface area (Å²) in [7, 11) is 0. The summed E-state index contributed by atoms with van der Waals surface area (Å²) in [5, 5.41) is 2.92. The summed E-state index contributed by atoms with van der Waals surface area (Å²) in [6.07, 6.45) is 2.63. The molecule has 4 heteroatoms. The van der Waals surface area contributed by atoms with E-state index in [1.807, 2.05) is 30.3 Å². The summed E-state index contributed by atoms with van der Waals surface area (Å²) in [5.74, 6) is -0.119. The molecule has 1 aliphatic heterocycles. The predicted octanol–water partition coefficient (Wildman–Crippen LogP) is 3.06. The average Bonchev–Trinajstić information content (AvgIpc) is 2.62. The molecule has 0 saturated carbocycles. The number of ketones is 1. The largest absolute Gasteiger partial charge is 0.362 e. The molecule has 2 aromatic carbocycles. The zero-order chi connectivity index (χ0) is 18.5. The highest BCUT2D eigenvalue weighted by atomic mass is 16.2. The molecule has 1 atom stereocenters. The molecule has 4 nitrogen and oxygen atoms in total. The third-order valence-corrected chi connectivity index (χ3v) is 4.89. The van der Waals surface area contributed by atoms with Crippen LogP contribution in [0, 0.1) is 6.92 Å². The van der Waals surface area contributed by atoms with E-state index in [2.05, 4.69) is 35.3 Å². The van der Waals surface area contributed by atoms with Gasteiger partial charge >= 0.3 is 0 Å². The Labute approximate surface area is 155 Å². The van der Waals surface area contributed by atoms with Gasteiger partial charge in [-0.3, -0.25) is 9.59 Å². The number of nitrogens with one attached hydrogen (secondary N) is 1. The lowest BCUT2D eigenvalue weighted by Crippen LogP contribution is -2.47. The molecule has 1 amide bonds. The van der Waals surface area contributed by atoms with E-state index >= 15 is 0 Å². The molecule has 0 radical (unpaired) electrons. The Morgan fingerprint density at radius 1 is 1.15 bits per heavy atom. The number of hydrogen-bond donors (Lipinski definition) is 1. The summed E-state index contributed by atoms with van der Waals surface area (Å²) in [6.45, 7) is 4.78. The van der Waals surface area contributed by atoms with Gasteiger partial charge in [0.1, 0.15) is 0 Å². The van der Waals surface area contributed by atoms with Gasteiger partial charge in [-0.1, -0.05) is 48.0 Å². The molecular weight excluding hydrogens is 324 g/mol. The van der Waals surface area contributed by atoms with E-state index in [4.69, 9.17) is 0 Å². The van der Waals surface area contributed by atoms with Crippen LogP contribution in [0.2, 0.25) is 0 Å². The number of Topliss-reactive ketones (excluding diaryl/α,β-unsaturated/α-hetero) is 1. The number of carbonyl (C=O) groups is 2. The highest BCUT2D eigenvalue weighted by molar-refractivity contribution is 5.89. The molecule has 0 saturated heterocycles. The molecule has 1 aliphatic rings. The van der Waals surface area contributed by atoms with Gasteiger partial charge in [-0.05, 0) is 50.3 Å². The van der Waals surface area contributed by atoms with Crippen LogP contribution in [0.1, 0.15) is 30.0 Å². The lowest BCUT2D eigenvalue weighted by Gasteiger charge is -2.31. The van der Waals surface area contributed by atoms with Crippen molar-refractivity contribution < 1.29 is 9.59 Å². The zero-order valence-corrected chi connectivity index (χ0v) is 15.5. The molecule has 0 fully saturated rings. The number of carbonyl (C=O) groups excluding carboxylic acids is 2. The van der Waals surface area contributed by atoms with E-state index in [1.54, 1.807) is 0 Å². The van der Waals surface area contributed by atoms with E-state index in [1.165, 1.54) is 18.1 Å². The Morgan fingerprint density at radius 2 is 1.92 bits per heavy atom. The third kappa shape index (κ3) is 4.51. The van der Waals surface area contributed by atoms with E-state index < -0.39 is 6.04 Å². The van der Waals surface area contributed by atoms with Crippen molar-refractivity contribution in [2.24, 2.45) is 0 Å². The number of amides is 1. The maximum Gasteiger partial charge on any atom is 0.240 e. The maximum atomic E-state index is 12.6. The summed E-state index contributed by atoms with van der Waals surface area (Å²) in [5.41, 5.74) is 4.73. The van der Waals surface area contributed by atoms with Crippen molar-refractivity contribution in [2.45, 2.75) is 39.2 Å². The van der Waals surface area contributed by atoms with Gasteiger partial charge in [0.25, 0.3) is 0 Å². The molecule has 3 rings (SSSR count). The quantitative estimate of drug-likeness (QED) is 0.871. The minimum absolute atomic E-state index is 0.0168. The van der Waals surface area contributed by atoms with E-state index in [9.17, 15) is 9.59 Å². The molecule has 136 valence electrons. The number of hydrogen-bond acceptors (Lipinski definition) is 3. The molecule has 26 heavy (non-hydrogen) atoms. The van der Waals surface area contributed by atoms with Crippen LogP contribution >= 0.6 is 0 Å². The van der Waals surface area contributed by atoms with Crippen molar-refractivity contribution >= 4 is 17.4 Å². The first-order valence-electron chi connectivity index (χ1n) is 9.21. The summed E-state index contributed by atoms with van der Waals surface area (Å²) < 4.78 is 0. The summed E-state index contributed by atoms with van der Waals surface area (Å²) >= 11 is 0. The topological polar surface area (TPSA) is 49.4 Å². The standard InChI is InChI=1S/C22H26N2O2/c1-16-10-11-21-19(13-16)9-6-12-24(21)15-22(26)23-20(17(2)25)14-18-7-4-3-5-8-18/h3-5,7-8,10-11,13,20H,6,9,12,14-15H2,1-2H3,(H,23,26)/t20-/m1/s1. The third-order valence-electron chi connectivity index (χ3n) is 4.89. The molecule has 0 bridgehead atoms. The molecule has 1 N–H and O–H groups in total. The SMILES string of the molecule is CC(=O)[C@@H](Cc1ccccc1)NC(=O)CN1CCCc2cc(C)ccc21. The van der Waals surface area contributed by atoms with Crippen molar-refractivity contribution in [3.8, 4) is 0 Å². The second-order valence-electron chi connectivity index (χ2n) is 7.08. The van der Waals surface area contributed by atoms with Crippen molar-refractivity contribution in [3.63, 3.8) is 0 Å². The predicted molar refractivity (Wildman–Crippen MR) is 104 cm³/mol. The first-order valence-corrected chi connectivity index (χ1v) is 9.21. The zero-order valence-electron chi connectivity index (χ0n) is 15.5. The number of fused-ring (bicyclic) bond motifs is 1. The van der Waals surface area contributed by atoms with Crippen LogP contribution < -0.4 is 10.2 Å². The first kappa shape index (κ1) is 18.2. The van der Waals surface area contributed by atoms with Crippen LogP contribution in [-0.2, 0) is 22.4 Å². The fraction of sp³-hybridized carbons (Fsp3) is 0.364. The Bertz CT molecular complexity index is 786. The molecule has 0 aliphatic carbocycles. The van der Waals surface area contributed by atoms with Crippen molar-refractivity contribution in [2.75, 3.05) is 18.0 Å². The highest BCUT2D eigenvalue weighted by Gasteiger charge is 2.22. The van der Waals surface area contributed by atoms with Gasteiger partial charge < -0.3 is 10.2 Å². The van der Waals surface area contributed by atoms with E-state index in [-0.39, 0.29) is 18.2 Å². The van der Waals surface area contributed by atoms with Gasteiger partial charge in [-0.15, -0.1) is 0 Å². The van der Waals surface area contributed by atoms with Gasteiger partial charge in [-0.25, -0.2) is 0 Å². The summed E-state index contributed by atoms with van der Waals surface area (Å²) in [4.78, 5) is 26.7. The first-order chi connectivity index (χ1) is 12.5. The van der Waals surface area contributed by atoms with Crippen molar-refractivity contribution in [3.05, 3.63) is 65.2 Å². The van der Waals surface area contributed by atoms with E-state index in [0.29, 0.717) is 6.42 Å². The van der Waals surface area contributed by atoms with Crippen LogP contribution in [0.5, 0.6) is 0 Å². The average molecular weight is 350 g/mol. The van der Waals surface area contributed by atoms with Crippen LogP contribution in [0.4, 0.5) is 5.69 Å². The molecule has 0 aromatic heterocycles. The number of aryl methyl sites for hydroxylation is 2. The van der Waals surface area contributed by atoms with Gasteiger partial charge in [0.2, 0.25) is 5.91 Å². The van der Waals surface area contributed by atoms with Crippen molar-refractivity contribution in [1.82, 2.24) is 5.32 Å². The lowest BCUT2D eigenvalue weighted by atomic mass is 9.99. The molecule has 0 spiro atoms. The monoisotopic (exact) mass is 350 g/mol. The van der Waals surface area contributed by atoms with Gasteiger partial charge in [0, 0.05) is 12.2 Å². The second kappa shape index (κ2) is 8.17. The smallest absolute Gasteiger partial charge is 0.240 e.